The molecule has 4 nitrogen and oxygen atoms in total. The molecule has 0 spiro atoms. The maximum absolute atomic E-state index is 13.5. The van der Waals surface area contributed by atoms with Crippen LogP contribution in [0.1, 0.15) is 33.9 Å². The molecular formula is C13H8F4N2O2. The molecule has 21 heavy (non-hydrogen) atoms. The summed E-state index contributed by atoms with van der Waals surface area (Å²) in [6.07, 6.45) is -2.62. The van der Waals surface area contributed by atoms with Crippen molar-refractivity contribution in [3.05, 3.63) is 58.7 Å². The van der Waals surface area contributed by atoms with E-state index in [4.69, 9.17) is 5.11 Å². The summed E-state index contributed by atoms with van der Waals surface area (Å²) in [7, 11) is 0. The van der Waals surface area contributed by atoms with Crippen LogP contribution < -0.4 is 0 Å². The first-order valence-electron chi connectivity index (χ1n) is 5.69. The number of hydrogen-bond acceptors (Lipinski definition) is 3. The summed E-state index contributed by atoms with van der Waals surface area (Å²) >= 11 is 0. The van der Waals surface area contributed by atoms with Crippen molar-refractivity contribution in [3.63, 3.8) is 0 Å². The number of carboxylic acids is 1. The zero-order valence-electron chi connectivity index (χ0n) is 10.4. The van der Waals surface area contributed by atoms with E-state index in [-0.39, 0.29) is 17.8 Å². The molecule has 0 bridgehead atoms. The summed E-state index contributed by atoms with van der Waals surface area (Å²) in [5, 5.41) is 8.75. The van der Waals surface area contributed by atoms with Crippen LogP contribution in [-0.2, 0) is 6.42 Å². The van der Waals surface area contributed by atoms with Crippen LogP contribution in [0, 0.1) is 11.6 Å². The van der Waals surface area contributed by atoms with Gasteiger partial charge in [-0.1, -0.05) is 6.07 Å². The fourth-order valence-electron chi connectivity index (χ4n) is 1.69. The van der Waals surface area contributed by atoms with Crippen LogP contribution in [0.3, 0.4) is 0 Å². The molecule has 0 aliphatic carbocycles. The van der Waals surface area contributed by atoms with Crippen molar-refractivity contribution in [2.45, 2.75) is 12.8 Å². The van der Waals surface area contributed by atoms with Gasteiger partial charge in [-0.15, -0.1) is 0 Å². The zero-order valence-corrected chi connectivity index (χ0v) is 10.4. The molecule has 2 rings (SSSR count). The van der Waals surface area contributed by atoms with Crippen molar-refractivity contribution in [1.82, 2.24) is 9.97 Å². The third kappa shape index (κ3) is 3.33. The van der Waals surface area contributed by atoms with Gasteiger partial charge in [0.1, 0.15) is 28.7 Å². The van der Waals surface area contributed by atoms with Gasteiger partial charge in [-0.05, 0) is 11.6 Å². The molecule has 1 heterocycles. The third-order valence-corrected chi connectivity index (χ3v) is 2.67. The van der Waals surface area contributed by atoms with Gasteiger partial charge in [0, 0.05) is 18.7 Å². The molecule has 0 atom stereocenters. The highest BCUT2D eigenvalue weighted by Crippen LogP contribution is 2.21. The van der Waals surface area contributed by atoms with Gasteiger partial charge in [-0.3, -0.25) is 0 Å². The Bertz CT molecular complexity index is 692. The van der Waals surface area contributed by atoms with Gasteiger partial charge in [0.15, 0.2) is 0 Å². The number of hydrogen-bond donors (Lipinski definition) is 1. The quantitative estimate of drug-likeness (QED) is 0.882. The first-order valence-corrected chi connectivity index (χ1v) is 5.69. The van der Waals surface area contributed by atoms with Gasteiger partial charge >= 0.3 is 5.97 Å². The Morgan fingerprint density at radius 1 is 1.29 bits per heavy atom. The molecule has 110 valence electrons. The highest BCUT2D eigenvalue weighted by atomic mass is 19.3. The predicted molar refractivity (Wildman–Crippen MR) is 63.1 cm³/mol. The van der Waals surface area contributed by atoms with Crippen molar-refractivity contribution in [2.75, 3.05) is 0 Å². The van der Waals surface area contributed by atoms with E-state index in [1.54, 1.807) is 0 Å². The van der Waals surface area contributed by atoms with Gasteiger partial charge in [0.25, 0.3) is 6.43 Å². The number of carbonyl (C=O) groups is 1. The maximum atomic E-state index is 13.5. The molecule has 0 saturated carbocycles. The lowest BCUT2D eigenvalue weighted by molar-refractivity contribution is 0.0681. The molecule has 0 radical (unpaired) electrons. The molecule has 1 aromatic carbocycles. The second-order valence-corrected chi connectivity index (χ2v) is 4.10. The van der Waals surface area contributed by atoms with Crippen LogP contribution in [0.25, 0.3) is 0 Å². The van der Waals surface area contributed by atoms with Crippen LogP contribution in [0.2, 0.25) is 0 Å². The van der Waals surface area contributed by atoms with Crippen LogP contribution in [-0.4, -0.2) is 21.0 Å². The van der Waals surface area contributed by atoms with E-state index >= 15 is 0 Å². The summed E-state index contributed by atoms with van der Waals surface area (Å²) in [5.41, 5.74) is -1.64. The predicted octanol–water partition coefficient (Wildman–Crippen LogP) is 2.98. The van der Waals surface area contributed by atoms with Crippen LogP contribution >= 0.6 is 0 Å². The Labute approximate surface area is 116 Å². The topological polar surface area (TPSA) is 63.1 Å². The number of benzene rings is 1. The first kappa shape index (κ1) is 14.9. The summed E-state index contributed by atoms with van der Waals surface area (Å²) in [5.74, 6) is -3.39. The number of aromatic nitrogens is 2. The molecule has 0 amide bonds. The van der Waals surface area contributed by atoms with E-state index in [1.165, 1.54) is 0 Å². The largest absolute Gasteiger partial charge is 0.478 e. The van der Waals surface area contributed by atoms with Crippen molar-refractivity contribution in [1.29, 1.82) is 0 Å². The molecule has 8 heteroatoms. The Balaban J connectivity index is 2.37. The van der Waals surface area contributed by atoms with E-state index in [0.717, 1.165) is 18.3 Å². The number of aromatic carboxylic acids is 1. The Morgan fingerprint density at radius 2 is 2.00 bits per heavy atom. The second kappa shape index (κ2) is 5.86. The summed E-state index contributed by atoms with van der Waals surface area (Å²) in [4.78, 5) is 17.8. The molecule has 1 aromatic heterocycles. The Hall–Kier alpha value is -2.51. The summed E-state index contributed by atoms with van der Waals surface area (Å²) < 4.78 is 51.8. The molecule has 0 aliphatic heterocycles. The van der Waals surface area contributed by atoms with Crippen LogP contribution in [0.15, 0.2) is 24.4 Å². The lowest BCUT2D eigenvalue weighted by Gasteiger charge is -2.07. The fourth-order valence-corrected chi connectivity index (χ4v) is 1.69. The minimum absolute atomic E-state index is 0.0136. The van der Waals surface area contributed by atoms with Crippen LogP contribution in [0.5, 0.6) is 0 Å². The number of nitrogens with zero attached hydrogens (tertiary/aromatic N) is 2. The maximum Gasteiger partial charge on any atom is 0.339 e. The van der Waals surface area contributed by atoms with Crippen molar-refractivity contribution < 1.29 is 27.5 Å². The van der Waals surface area contributed by atoms with Gasteiger partial charge in [-0.25, -0.2) is 32.3 Å². The van der Waals surface area contributed by atoms with Gasteiger partial charge in [0.05, 0.1) is 0 Å². The number of halogens is 4. The molecule has 1 N–H and O–H groups in total. The van der Waals surface area contributed by atoms with E-state index in [0.29, 0.717) is 6.07 Å². The van der Waals surface area contributed by atoms with E-state index in [1.807, 2.05) is 0 Å². The zero-order chi connectivity index (χ0) is 15.6. The summed E-state index contributed by atoms with van der Waals surface area (Å²) in [6.45, 7) is 0. The SMILES string of the molecule is O=C(O)c1cnc(Cc2ccc(F)cc2F)nc1C(F)F. The summed E-state index contributed by atoms with van der Waals surface area (Å²) in [6, 6.07) is 2.80. The molecule has 0 unspecified atom stereocenters. The van der Waals surface area contributed by atoms with Crippen LogP contribution in [0.4, 0.5) is 17.6 Å². The van der Waals surface area contributed by atoms with E-state index < -0.39 is 35.3 Å². The Kier molecular flexibility index (Phi) is 4.15. The minimum atomic E-state index is -3.10. The third-order valence-electron chi connectivity index (χ3n) is 2.67. The highest BCUT2D eigenvalue weighted by Gasteiger charge is 2.21. The number of rotatable bonds is 4. The van der Waals surface area contributed by atoms with Gasteiger partial charge < -0.3 is 5.11 Å². The smallest absolute Gasteiger partial charge is 0.339 e. The fraction of sp³-hybridized carbons (Fsp3) is 0.154. The van der Waals surface area contributed by atoms with Crippen molar-refractivity contribution in [3.8, 4) is 0 Å². The number of alkyl halides is 2. The lowest BCUT2D eigenvalue weighted by Crippen LogP contribution is -2.10. The average molecular weight is 300 g/mol. The van der Waals surface area contributed by atoms with Gasteiger partial charge in [0.2, 0.25) is 0 Å². The second-order valence-electron chi connectivity index (χ2n) is 4.10. The Morgan fingerprint density at radius 3 is 2.57 bits per heavy atom. The minimum Gasteiger partial charge on any atom is -0.478 e. The average Bonchev–Trinajstić information content (AvgIpc) is 2.41. The van der Waals surface area contributed by atoms with Crippen molar-refractivity contribution in [2.24, 2.45) is 0 Å². The molecule has 0 fully saturated rings. The molecule has 0 aliphatic rings. The van der Waals surface area contributed by atoms with E-state index in [9.17, 15) is 22.4 Å². The monoisotopic (exact) mass is 300 g/mol. The molecule has 0 saturated heterocycles. The van der Waals surface area contributed by atoms with Gasteiger partial charge in [-0.2, -0.15) is 0 Å². The molecule has 2 aromatic rings. The standard InChI is InChI=1S/C13H8F4N2O2/c14-7-2-1-6(9(15)4-7)3-10-18-5-8(13(20)21)11(19-10)12(16)17/h1-2,4-5,12H,3H2,(H,20,21). The normalized spacial score (nSPS) is 10.9. The lowest BCUT2D eigenvalue weighted by atomic mass is 10.1. The highest BCUT2D eigenvalue weighted by molar-refractivity contribution is 5.88. The number of carboxylic acid groups (broad SMARTS) is 1. The van der Waals surface area contributed by atoms with E-state index in [2.05, 4.69) is 9.97 Å². The van der Waals surface area contributed by atoms with Crippen molar-refractivity contribution >= 4 is 5.97 Å². The first-order chi connectivity index (χ1) is 9.88. The molecular weight excluding hydrogens is 292 g/mol.